The predicted octanol–water partition coefficient (Wildman–Crippen LogP) is 2.47. The number of aromatic nitrogens is 2. The molecule has 0 atom stereocenters. The molecule has 1 heterocycles. The fraction of sp³-hybridized carbons (Fsp3) is 0.333. The largest absolute Gasteiger partial charge is 0.396 e. The molecule has 4 nitrogen and oxygen atoms in total. The molecular weight excluding hydrogens is 261 g/mol. The molecule has 0 aliphatic carbocycles. The Labute approximate surface area is 106 Å². The number of unbranched alkanes of at least 4 members (excludes halogenated alkanes) is 1. The Balaban J connectivity index is 2.18. The van der Waals surface area contributed by atoms with Crippen molar-refractivity contribution in [3.05, 3.63) is 35.5 Å². The van der Waals surface area contributed by atoms with E-state index in [9.17, 15) is 13.2 Å². The molecule has 2 rings (SSSR count). The molecule has 0 saturated carbocycles. The Kier molecular flexibility index (Phi) is 4.16. The van der Waals surface area contributed by atoms with Crippen LogP contribution in [0.2, 0.25) is 0 Å². The highest BCUT2D eigenvalue weighted by Crippen LogP contribution is 2.21. The lowest BCUT2D eigenvalue weighted by molar-refractivity contribution is 0.281. The van der Waals surface area contributed by atoms with Crippen LogP contribution in [0.3, 0.4) is 0 Å². The Morgan fingerprint density at radius 1 is 1.11 bits per heavy atom. The van der Waals surface area contributed by atoms with E-state index in [1.54, 1.807) is 0 Å². The molecule has 19 heavy (non-hydrogen) atoms. The zero-order chi connectivity index (χ0) is 13.8. The minimum Gasteiger partial charge on any atom is -0.396 e. The molecule has 0 aliphatic rings. The molecule has 102 valence electrons. The molecule has 0 radical (unpaired) electrons. The highest BCUT2D eigenvalue weighted by atomic mass is 19.2. The van der Waals surface area contributed by atoms with Crippen LogP contribution in [-0.2, 0) is 6.42 Å². The Morgan fingerprint density at radius 2 is 1.79 bits per heavy atom. The normalized spacial score (nSPS) is 10.9. The number of aliphatic hydroxyl groups is 1. The highest BCUT2D eigenvalue weighted by molar-refractivity contribution is 5.54. The third-order valence-electron chi connectivity index (χ3n) is 2.51. The van der Waals surface area contributed by atoms with Crippen LogP contribution in [0, 0.1) is 17.5 Å². The van der Waals surface area contributed by atoms with Crippen molar-refractivity contribution in [2.45, 2.75) is 19.3 Å². The van der Waals surface area contributed by atoms with E-state index in [2.05, 4.69) is 10.1 Å². The zero-order valence-electron chi connectivity index (χ0n) is 9.87. The number of nitrogens with zero attached hydrogens (tertiary/aromatic N) is 2. The summed E-state index contributed by atoms with van der Waals surface area (Å²) in [5.41, 5.74) is 0.00792. The van der Waals surface area contributed by atoms with Crippen LogP contribution in [-0.4, -0.2) is 21.9 Å². The number of aliphatic hydroxyl groups excluding tert-OH is 1. The van der Waals surface area contributed by atoms with E-state index in [1.807, 2.05) is 0 Å². The van der Waals surface area contributed by atoms with Crippen LogP contribution in [0.5, 0.6) is 0 Å². The van der Waals surface area contributed by atoms with Crippen molar-refractivity contribution in [2.24, 2.45) is 0 Å². The molecule has 1 aromatic carbocycles. The highest BCUT2D eigenvalue weighted by Gasteiger charge is 2.15. The maximum absolute atomic E-state index is 13.1. The summed E-state index contributed by atoms with van der Waals surface area (Å²) >= 11 is 0. The number of halogens is 3. The molecule has 0 aliphatic heterocycles. The van der Waals surface area contributed by atoms with Crippen LogP contribution in [0.25, 0.3) is 11.4 Å². The maximum atomic E-state index is 13.1. The van der Waals surface area contributed by atoms with Gasteiger partial charge in [-0.05, 0) is 25.0 Å². The second-order valence-electron chi connectivity index (χ2n) is 3.95. The van der Waals surface area contributed by atoms with Crippen molar-refractivity contribution in [2.75, 3.05) is 6.61 Å². The van der Waals surface area contributed by atoms with Gasteiger partial charge in [0, 0.05) is 18.6 Å². The van der Waals surface area contributed by atoms with E-state index >= 15 is 0 Å². The fourth-order valence-corrected chi connectivity index (χ4v) is 1.55. The molecular formula is C12H11F3N2O2. The number of rotatable bonds is 5. The lowest BCUT2D eigenvalue weighted by Gasteiger charge is -1.98. The smallest absolute Gasteiger partial charge is 0.226 e. The minimum absolute atomic E-state index is 0.00296. The van der Waals surface area contributed by atoms with Gasteiger partial charge in [-0.2, -0.15) is 4.98 Å². The van der Waals surface area contributed by atoms with Crippen molar-refractivity contribution in [3.63, 3.8) is 0 Å². The molecule has 0 amide bonds. The van der Waals surface area contributed by atoms with Crippen LogP contribution in [0.15, 0.2) is 16.7 Å². The van der Waals surface area contributed by atoms with Crippen LogP contribution in [0.1, 0.15) is 18.7 Å². The maximum Gasteiger partial charge on any atom is 0.226 e. The summed E-state index contributed by atoms with van der Waals surface area (Å²) in [6, 6.07) is 1.61. The molecule has 0 unspecified atom stereocenters. The van der Waals surface area contributed by atoms with E-state index in [4.69, 9.17) is 9.63 Å². The summed E-state index contributed by atoms with van der Waals surface area (Å²) in [7, 11) is 0. The first-order valence-electron chi connectivity index (χ1n) is 5.70. The first-order chi connectivity index (χ1) is 9.11. The topological polar surface area (TPSA) is 59.2 Å². The van der Waals surface area contributed by atoms with E-state index in [-0.39, 0.29) is 18.0 Å². The Bertz CT molecular complexity index is 549. The first kappa shape index (κ1) is 13.5. The molecule has 0 spiro atoms. The van der Waals surface area contributed by atoms with Gasteiger partial charge in [0.15, 0.2) is 17.5 Å². The standard InChI is InChI=1S/C12H11F3N2O2/c13-8-5-7(6-9(14)11(8)15)12-16-10(19-17-12)3-1-2-4-18/h5-6,18H,1-4H2. The third kappa shape index (κ3) is 3.11. The number of benzene rings is 1. The Hall–Kier alpha value is -1.89. The summed E-state index contributed by atoms with van der Waals surface area (Å²) in [4.78, 5) is 3.95. The van der Waals surface area contributed by atoms with E-state index in [1.165, 1.54) is 0 Å². The van der Waals surface area contributed by atoms with Crippen LogP contribution in [0.4, 0.5) is 13.2 Å². The van der Waals surface area contributed by atoms with Gasteiger partial charge < -0.3 is 9.63 Å². The summed E-state index contributed by atoms with van der Waals surface area (Å²) in [6.45, 7) is 0.0649. The molecule has 2 aromatic rings. The van der Waals surface area contributed by atoms with Gasteiger partial charge >= 0.3 is 0 Å². The van der Waals surface area contributed by atoms with Gasteiger partial charge in [0.05, 0.1) is 0 Å². The van der Waals surface area contributed by atoms with Gasteiger partial charge in [-0.3, -0.25) is 0 Å². The van der Waals surface area contributed by atoms with Crippen molar-refractivity contribution >= 4 is 0 Å². The second-order valence-corrected chi connectivity index (χ2v) is 3.95. The summed E-state index contributed by atoms with van der Waals surface area (Å²) < 4.78 is 43.8. The van der Waals surface area contributed by atoms with Gasteiger partial charge in [0.2, 0.25) is 11.7 Å². The van der Waals surface area contributed by atoms with Crippen LogP contribution < -0.4 is 0 Å². The van der Waals surface area contributed by atoms with Gasteiger partial charge in [-0.1, -0.05) is 5.16 Å². The quantitative estimate of drug-likeness (QED) is 0.671. The van der Waals surface area contributed by atoms with Crippen molar-refractivity contribution in [1.29, 1.82) is 0 Å². The van der Waals surface area contributed by atoms with E-state index in [0.29, 0.717) is 25.2 Å². The molecule has 1 N–H and O–H groups in total. The van der Waals surface area contributed by atoms with Gasteiger partial charge in [0.25, 0.3) is 0 Å². The number of hydrogen-bond acceptors (Lipinski definition) is 4. The molecule has 0 saturated heterocycles. The van der Waals surface area contributed by atoms with Gasteiger partial charge in [-0.15, -0.1) is 0 Å². The lowest BCUT2D eigenvalue weighted by Crippen LogP contribution is -1.93. The van der Waals surface area contributed by atoms with Crippen molar-refractivity contribution < 1.29 is 22.8 Å². The minimum atomic E-state index is -1.53. The SMILES string of the molecule is OCCCCc1nc(-c2cc(F)c(F)c(F)c2)no1. The predicted molar refractivity (Wildman–Crippen MR) is 59.6 cm³/mol. The molecule has 0 bridgehead atoms. The first-order valence-corrected chi connectivity index (χ1v) is 5.70. The van der Waals surface area contributed by atoms with E-state index in [0.717, 1.165) is 12.1 Å². The third-order valence-corrected chi connectivity index (χ3v) is 2.51. The van der Waals surface area contributed by atoms with Crippen LogP contribution >= 0.6 is 0 Å². The van der Waals surface area contributed by atoms with Crippen molar-refractivity contribution in [3.8, 4) is 11.4 Å². The average Bonchev–Trinajstić information content (AvgIpc) is 2.84. The summed E-state index contributed by atoms with van der Waals surface area (Å²) in [6.07, 6.45) is 1.71. The summed E-state index contributed by atoms with van der Waals surface area (Å²) in [5, 5.41) is 12.2. The Morgan fingerprint density at radius 3 is 2.42 bits per heavy atom. The average molecular weight is 272 g/mol. The molecule has 7 heteroatoms. The second kappa shape index (κ2) is 5.83. The monoisotopic (exact) mass is 272 g/mol. The van der Waals surface area contributed by atoms with Gasteiger partial charge in [-0.25, -0.2) is 13.2 Å². The number of hydrogen-bond donors (Lipinski definition) is 1. The summed E-state index contributed by atoms with van der Waals surface area (Å²) in [5.74, 6) is -3.84. The zero-order valence-corrected chi connectivity index (χ0v) is 9.87. The lowest BCUT2D eigenvalue weighted by atomic mass is 10.2. The number of aryl methyl sites for hydroxylation is 1. The molecule has 0 fully saturated rings. The van der Waals surface area contributed by atoms with Crippen molar-refractivity contribution in [1.82, 2.24) is 10.1 Å². The molecule has 1 aromatic heterocycles. The van der Waals surface area contributed by atoms with E-state index < -0.39 is 17.5 Å². The van der Waals surface area contributed by atoms with Gasteiger partial charge in [0.1, 0.15) is 0 Å². The fourth-order valence-electron chi connectivity index (χ4n) is 1.55.